The zero-order valence-electron chi connectivity index (χ0n) is 12.3. The lowest BCUT2D eigenvalue weighted by atomic mass is 10.0. The molecule has 0 radical (unpaired) electrons. The molecule has 0 saturated heterocycles. The lowest BCUT2D eigenvalue weighted by molar-refractivity contribution is -0.117. The number of aromatic nitrogens is 2. The van der Waals surface area contributed by atoms with E-state index in [4.69, 9.17) is 12.2 Å². The molecule has 0 saturated carbocycles. The van der Waals surface area contributed by atoms with Crippen molar-refractivity contribution in [1.82, 2.24) is 15.5 Å². The number of nitrogens with one attached hydrogen (secondary N) is 3. The Kier molecular flexibility index (Phi) is 4.70. The molecule has 5 nitrogen and oxygen atoms in total. The van der Waals surface area contributed by atoms with Gasteiger partial charge in [0, 0.05) is 30.3 Å². The van der Waals surface area contributed by atoms with Gasteiger partial charge in [0.1, 0.15) is 0 Å². The number of hydrogen-bond acceptors (Lipinski definition) is 3. The van der Waals surface area contributed by atoms with Gasteiger partial charge in [-0.3, -0.25) is 9.89 Å². The Balaban J connectivity index is 2.02. The number of amides is 1. The standard InChI is InChI=1S/C15H18N4OS/c1-9-14(10(2)19-18-9)8-12-4-6-13(7-5-12)17-15(21)16-11(3)20/h4-7H,8H2,1-3H3,(H,18,19)(H2,16,17,20,21). The minimum Gasteiger partial charge on any atom is -0.332 e. The van der Waals surface area contributed by atoms with Crippen LogP contribution in [0.4, 0.5) is 5.69 Å². The van der Waals surface area contributed by atoms with E-state index in [-0.39, 0.29) is 5.91 Å². The SMILES string of the molecule is CC(=O)NC(=S)Nc1ccc(Cc2c(C)n[nH]c2C)cc1. The van der Waals surface area contributed by atoms with Crippen molar-refractivity contribution in [2.45, 2.75) is 27.2 Å². The van der Waals surface area contributed by atoms with Gasteiger partial charge in [0.25, 0.3) is 0 Å². The van der Waals surface area contributed by atoms with Crippen LogP contribution in [0.25, 0.3) is 0 Å². The van der Waals surface area contributed by atoms with Crippen molar-refractivity contribution >= 4 is 28.9 Å². The van der Waals surface area contributed by atoms with Crippen molar-refractivity contribution in [2.24, 2.45) is 0 Å². The summed E-state index contributed by atoms with van der Waals surface area (Å²) < 4.78 is 0. The molecule has 6 heteroatoms. The van der Waals surface area contributed by atoms with Crippen LogP contribution >= 0.6 is 12.2 Å². The van der Waals surface area contributed by atoms with Gasteiger partial charge in [-0.05, 0) is 43.8 Å². The van der Waals surface area contributed by atoms with Crippen LogP contribution in [0.1, 0.15) is 29.4 Å². The maximum Gasteiger partial charge on any atom is 0.222 e. The normalized spacial score (nSPS) is 10.2. The molecule has 1 amide bonds. The first kappa shape index (κ1) is 15.2. The fourth-order valence-corrected chi connectivity index (χ4v) is 2.33. The summed E-state index contributed by atoms with van der Waals surface area (Å²) in [5, 5.41) is 13.0. The van der Waals surface area contributed by atoms with Gasteiger partial charge in [-0.1, -0.05) is 12.1 Å². The number of aromatic amines is 1. The molecule has 21 heavy (non-hydrogen) atoms. The second-order valence-corrected chi connectivity index (χ2v) is 5.33. The Bertz CT molecular complexity index is 641. The number of rotatable bonds is 3. The molecular formula is C15H18N4OS. The summed E-state index contributed by atoms with van der Waals surface area (Å²) in [6, 6.07) is 7.94. The van der Waals surface area contributed by atoms with Crippen LogP contribution < -0.4 is 10.6 Å². The largest absolute Gasteiger partial charge is 0.332 e. The fourth-order valence-electron chi connectivity index (χ4n) is 2.07. The lowest BCUT2D eigenvalue weighted by Gasteiger charge is -2.09. The second-order valence-electron chi connectivity index (χ2n) is 4.92. The number of nitrogens with zero attached hydrogens (tertiary/aromatic N) is 1. The molecule has 0 aliphatic rings. The smallest absolute Gasteiger partial charge is 0.222 e. The van der Waals surface area contributed by atoms with Gasteiger partial charge in [0.15, 0.2) is 5.11 Å². The summed E-state index contributed by atoms with van der Waals surface area (Å²) in [6.07, 6.45) is 0.838. The van der Waals surface area contributed by atoms with Crippen LogP contribution in [-0.2, 0) is 11.2 Å². The maximum atomic E-state index is 10.9. The first-order valence-electron chi connectivity index (χ1n) is 6.63. The molecule has 0 unspecified atom stereocenters. The molecule has 110 valence electrons. The van der Waals surface area contributed by atoms with Gasteiger partial charge >= 0.3 is 0 Å². The van der Waals surface area contributed by atoms with Crippen molar-refractivity contribution in [1.29, 1.82) is 0 Å². The van der Waals surface area contributed by atoms with Crippen LogP contribution in [-0.4, -0.2) is 21.2 Å². The predicted octanol–water partition coefficient (Wildman–Crippen LogP) is 2.45. The first-order valence-corrected chi connectivity index (χ1v) is 7.04. The summed E-state index contributed by atoms with van der Waals surface area (Å²) in [5.41, 5.74) is 5.39. The van der Waals surface area contributed by atoms with Crippen molar-refractivity contribution in [3.05, 3.63) is 46.8 Å². The molecule has 1 aromatic carbocycles. The van der Waals surface area contributed by atoms with Crippen molar-refractivity contribution in [3.8, 4) is 0 Å². The highest BCUT2D eigenvalue weighted by atomic mass is 32.1. The molecule has 3 N–H and O–H groups in total. The highest BCUT2D eigenvalue weighted by molar-refractivity contribution is 7.80. The number of benzene rings is 1. The highest BCUT2D eigenvalue weighted by Gasteiger charge is 2.07. The van der Waals surface area contributed by atoms with Crippen molar-refractivity contribution < 1.29 is 4.79 Å². The maximum absolute atomic E-state index is 10.9. The first-order chi connectivity index (χ1) is 9.95. The van der Waals surface area contributed by atoms with E-state index in [1.54, 1.807) is 0 Å². The van der Waals surface area contributed by atoms with Crippen molar-refractivity contribution in [2.75, 3.05) is 5.32 Å². The van der Waals surface area contributed by atoms with E-state index >= 15 is 0 Å². The zero-order valence-corrected chi connectivity index (χ0v) is 13.1. The fraction of sp³-hybridized carbons (Fsp3) is 0.267. The monoisotopic (exact) mass is 302 g/mol. The number of aryl methyl sites for hydroxylation is 2. The van der Waals surface area contributed by atoms with Gasteiger partial charge in [0.2, 0.25) is 5.91 Å². The van der Waals surface area contributed by atoms with Gasteiger partial charge in [-0.15, -0.1) is 0 Å². The van der Waals surface area contributed by atoms with E-state index in [0.717, 1.165) is 23.5 Å². The zero-order chi connectivity index (χ0) is 15.4. The summed E-state index contributed by atoms with van der Waals surface area (Å²) in [4.78, 5) is 10.9. The number of thiocarbonyl (C=S) groups is 1. The Morgan fingerprint density at radius 1 is 1.29 bits per heavy atom. The molecule has 0 bridgehead atoms. The van der Waals surface area contributed by atoms with Gasteiger partial charge < -0.3 is 10.6 Å². The minimum atomic E-state index is -0.185. The third kappa shape index (κ3) is 4.13. The molecule has 2 aromatic rings. The van der Waals surface area contributed by atoms with Crippen LogP contribution in [0.3, 0.4) is 0 Å². The van der Waals surface area contributed by atoms with E-state index in [1.165, 1.54) is 18.1 Å². The van der Waals surface area contributed by atoms with E-state index in [0.29, 0.717) is 5.11 Å². The Morgan fingerprint density at radius 3 is 2.48 bits per heavy atom. The molecular weight excluding hydrogens is 284 g/mol. The Labute approximate surface area is 129 Å². The average molecular weight is 302 g/mol. The third-order valence-electron chi connectivity index (χ3n) is 3.16. The van der Waals surface area contributed by atoms with Crippen LogP contribution in [0, 0.1) is 13.8 Å². The Morgan fingerprint density at radius 2 is 1.95 bits per heavy atom. The summed E-state index contributed by atoms with van der Waals surface area (Å²) in [7, 11) is 0. The average Bonchev–Trinajstić information content (AvgIpc) is 2.72. The molecule has 0 aliphatic carbocycles. The third-order valence-corrected chi connectivity index (χ3v) is 3.37. The summed E-state index contributed by atoms with van der Waals surface area (Å²) in [5.74, 6) is -0.185. The summed E-state index contributed by atoms with van der Waals surface area (Å²) >= 11 is 5.02. The molecule has 0 atom stereocenters. The van der Waals surface area contributed by atoms with E-state index in [1.807, 2.05) is 38.1 Å². The van der Waals surface area contributed by atoms with Crippen LogP contribution in [0.2, 0.25) is 0 Å². The molecule has 0 fully saturated rings. The number of anilines is 1. The Hall–Kier alpha value is -2.21. The van der Waals surface area contributed by atoms with Crippen LogP contribution in [0.15, 0.2) is 24.3 Å². The molecule has 1 aromatic heterocycles. The molecule has 0 aliphatic heterocycles. The quantitative estimate of drug-likeness (QED) is 0.762. The molecule has 1 heterocycles. The highest BCUT2D eigenvalue weighted by Crippen LogP contribution is 2.17. The lowest BCUT2D eigenvalue weighted by Crippen LogP contribution is -2.32. The number of carbonyl (C=O) groups excluding carboxylic acids is 1. The minimum absolute atomic E-state index is 0.185. The number of hydrogen-bond donors (Lipinski definition) is 3. The van der Waals surface area contributed by atoms with Crippen molar-refractivity contribution in [3.63, 3.8) is 0 Å². The number of carbonyl (C=O) groups is 1. The predicted molar refractivity (Wildman–Crippen MR) is 87.3 cm³/mol. The van der Waals surface area contributed by atoms with Gasteiger partial charge in [-0.2, -0.15) is 5.10 Å². The summed E-state index contributed by atoms with van der Waals surface area (Å²) in [6.45, 7) is 5.45. The second kappa shape index (κ2) is 6.49. The van der Waals surface area contributed by atoms with Gasteiger partial charge in [-0.25, -0.2) is 0 Å². The van der Waals surface area contributed by atoms with Gasteiger partial charge in [0.05, 0.1) is 5.69 Å². The molecule has 2 rings (SSSR count). The van der Waals surface area contributed by atoms with E-state index in [2.05, 4.69) is 20.8 Å². The van der Waals surface area contributed by atoms with Crippen LogP contribution in [0.5, 0.6) is 0 Å². The number of H-pyrrole nitrogens is 1. The molecule has 0 spiro atoms. The topological polar surface area (TPSA) is 69.8 Å². The van der Waals surface area contributed by atoms with E-state index in [9.17, 15) is 4.79 Å². The van der Waals surface area contributed by atoms with E-state index < -0.39 is 0 Å².